The monoisotopic (exact) mass is 297 g/mol. The molecule has 0 amide bonds. The quantitative estimate of drug-likeness (QED) is 0.481. The Morgan fingerprint density at radius 1 is 1.33 bits per heavy atom. The van der Waals surface area contributed by atoms with Crippen molar-refractivity contribution in [3.8, 4) is 12.3 Å². The van der Waals surface area contributed by atoms with E-state index in [9.17, 15) is 0 Å². The molecule has 0 bridgehead atoms. The maximum absolute atomic E-state index is 5.88. The van der Waals surface area contributed by atoms with Gasteiger partial charge >= 0.3 is 0 Å². The number of thioether (sulfide) groups is 2. The van der Waals surface area contributed by atoms with E-state index < -0.39 is 0 Å². The minimum absolute atomic E-state index is 0.236. The Balaban J connectivity index is 1.88. The van der Waals surface area contributed by atoms with Gasteiger partial charge in [0, 0.05) is 16.5 Å². The Morgan fingerprint density at radius 3 is 2.61 bits per heavy atom. The van der Waals surface area contributed by atoms with Crippen LogP contribution in [0.2, 0.25) is 5.02 Å². The van der Waals surface area contributed by atoms with Crippen LogP contribution in [0.15, 0.2) is 29.4 Å². The fraction of sp³-hybridized carbons (Fsp3) is 0.308. The molecule has 1 heterocycles. The molecule has 0 aliphatic carbocycles. The van der Waals surface area contributed by atoms with Crippen molar-refractivity contribution >= 4 is 40.8 Å². The second-order valence-corrected chi connectivity index (χ2v) is 6.56. The maximum Gasteiger partial charge on any atom is 0.177 e. The maximum atomic E-state index is 5.88. The van der Waals surface area contributed by atoms with Crippen molar-refractivity contribution in [3.05, 3.63) is 34.9 Å². The van der Waals surface area contributed by atoms with Gasteiger partial charge in [-0.3, -0.25) is 0 Å². The number of terminal acetylenes is 1. The zero-order valence-corrected chi connectivity index (χ0v) is 12.0. The van der Waals surface area contributed by atoms with E-state index in [0.29, 0.717) is 4.58 Å². The van der Waals surface area contributed by atoms with Crippen LogP contribution in [-0.2, 0) is 4.84 Å². The van der Waals surface area contributed by atoms with Crippen LogP contribution in [0.5, 0.6) is 0 Å². The van der Waals surface area contributed by atoms with Gasteiger partial charge < -0.3 is 4.84 Å². The first-order valence-electron chi connectivity index (χ1n) is 5.39. The molecule has 0 spiro atoms. The van der Waals surface area contributed by atoms with E-state index in [1.54, 1.807) is 0 Å². The zero-order chi connectivity index (χ0) is 12.8. The highest BCUT2D eigenvalue weighted by Gasteiger charge is 2.20. The van der Waals surface area contributed by atoms with Crippen molar-refractivity contribution in [1.29, 1.82) is 0 Å². The molecule has 1 aromatic carbocycles. The molecule has 94 valence electrons. The zero-order valence-electron chi connectivity index (χ0n) is 9.64. The molecule has 0 unspecified atom stereocenters. The molecular formula is C13H12ClNOS2. The van der Waals surface area contributed by atoms with Crippen LogP contribution in [0.4, 0.5) is 0 Å². The highest BCUT2D eigenvalue weighted by atomic mass is 35.5. The first-order chi connectivity index (χ1) is 8.79. The lowest BCUT2D eigenvalue weighted by molar-refractivity contribution is 0.179. The van der Waals surface area contributed by atoms with E-state index >= 15 is 0 Å². The second-order valence-electron chi connectivity index (χ2n) is 3.64. The van der Waals surface area contributed by atoms with Gasteiger partial charge in [0.15, 0.2) is 6.61 Å². The summed E-state index contributed by atoms with van der Waals surface area (Å²) in [4.78, 5) is 4.99. The van der Waals surface area contributed by atoms with Crippen molar-refractivity contribution in [3.63, 3.8) is 0 Å². The Morgan fingerprint density at radius 2 is 2.00 bits per heavy atom. The van der Waals surface area contributed by atoms with Crippen molar-refractivity contribution in [2.45, 2.75) is 4.58 Å². The fourth-order valence-electron chi connectivity index (χ4n) is 1.46. The first kappa shape index (κ1) is 13.7. The SMILES string of the molecule is C#CCON=C1CSC(c2ccc(Cl)cc2)SC1. The van der Waals surface area contributed by atoms with Crippen LogP contribution in [0.25, 0.3) is 0 Å². The molecule has 1 fully saturated rings. The van der Waals surface area contributed by atoms with Gasteiger partial charge in [-0.05, 0) is 17.7 Å². The summed E-state index contributed by atoms with van der Waals surface area (Å²) < 4.78 is 0.439. The Bertz CT molecular complexity index is 457. The van der Waals surface area contributed by atoms with Crippen molar-refractivity contribution in [2.75, 3.05) is 18.1 Å². The molecule has 1 aliphatic heterocycles. The average molecular weight is 298 g/mol. The van der Waals surface area contributed by atoms with Crippen LogP contribution in [0, 0.1) is 12.3 Å². The molecule has 2 rings (SSSR count). The molecule has 1 aromatic rings. The summed E-state index contributed by atoms with van der Waals surface area (Å²) in [7, 11) is 0. The second kappa shape index (κ2) is 6.98. The van der Waals surface area contributed by atoms with Gasteiger partial charge in [-0.15, -0.1) is 29.9 Å². The summed E-state index contributed by atoms with van der Waals surface area (Å²) in [5, 5.41) is 4.80. The number of hydrogen-bond donors (Lipinski definition) is 0. The summed E-state index contributed by atoms with van der Waals surface area (Å²) >= 11 is 9.57. The number of rotatable bonds is 3. The molecule has 0 N–H and O–H groups in total. The summed E-state index contributed by atoms with van der Waals surface area (Å²) in [6.45, 7) is 0.236. The van der Waals surface area contributed by atoms with Crippen LogP contribution in [0.1, 0.15) is 10.1 Å². The van der Waals surface area contributed by atoms with Crippen molar-refractivity contribution in [1.82, 2.24) is 0 Å². The molecule has 0 aromatic heterocycles. The smallest absolute Gasteiger partial charge is 0.177 e. The summed E-state index contributed by atoms with van der Waals surface area (Å²) in [5.41, 5.74) is 2.34. The molecule has 18 heavy (non-hydrogen) atoms. The molecule has 0 saturated carbocycles. The third-order valence-corrected chi connectivity index (χ3v) is 5.50. The average Bonchev–Trinajstić information content (AvgIpc) is 2.41. The number of nitrogens with zero attached hydrogens (tertiary/aromatic N) is 1. The molecule has 0 atom stereocenters. The number of oxime groups is 1. The molecule has 1 saturated heterocycles. The van der Waals surface area contributed by atoms with Gasteiger partial charge in [-0.25, -0.2) is 0 Å². The van der Waals surface area contributed by atoms with Crippen molar-refractivity contribution < 1.29 is 4.84 Å². The number of benzene rings is 1. The van der Waals surface area contributed by atoms with Gasteiger partial charge in [0.05, 0.1) is 10.3 Å². The largest absolute Gasteiger partial charge is 0.383 e. The van der Waals surface area contributed by atoms with E-state index in [-0.39, 0.29) is 6.61 Å². The Kier molecular flexibility index (Phi) is 5.30. The summed E-state index contributed by atoms with van der Waals surface area (Å²) in [5.74, 6) is 4.15. The van der Waals surface area contributed by atoms with Crippen LogP contribution in [0.3, 0.4) is 0 Å². The first-order valence-corrected chi connectivity index (χ1v) is 7.87. The predicted octanol–water partition coefficient (Wildman–Crippen LogP) is 3.82. The lowest BCUT2D eigenvalue weighted by atomic mass is 10.2. The topological polar surface area (TPSA) is 21.6 Å². The minimum atomic E-state index is 0.236. The molecule has 2 nitrogen and oxygen atoms in total. The highest BCUT2D eigenvalue weighted by molar-refractivity contribution is 8.18. The minimum Gasteiger partial charge on any atom is -0.383 e. The normalized spacial score (nSPS) is 19.1. The van der Waals surface area contributed by atoms with E-state index in [1.165, 1.54) is 5.56 Å². The molecule has 1 aliphatic rings. The molecule has 0 radical (unpaired) electrons. The van der Waals surface area contributed by atoms with Crippen LogP contribution < -0.4 is 0 Å². The predicted molar refractivity (Wildman–Crippen MR) is 81.3 cm³/mol. The lowest BCUT2D eigenvalue weighted by Crippen LogP contribution is -2.14. The van der Waals surface area contributed by atoms with E-state index in [4.69, 9.17) is 22.9 Å². The van der Waals surface area contributed by atoms with Crippen molar-refractivity contribution in [2.24, 2.45) is 5.16 Å². The van der Waals surface area contributed by atoms with Gasteiger partial charge in [0.1, 0.15) is 0 Å². The van der Waals surface area contributed by atoms with Crippen LogP contribution >= 0.6 is 35.1 Å². The van der Waals surface area contributed by atoms with Gasteiger partial charge in [0.2, 0.25) is 0 Å². The Labute approximate surface area is 120 Å². The summed E-state index contributed by atoms with van der Waals surface area (Å²) in [6, 6.07) is 8.00. The molecular weight excluding hydrogens is 286 g/mol. The third-order valence-electron chi connectivity index (χ3n) is 2.29. The third kappa shape index (κ3) is 3.88. The lowest BCUT2D eigenvalue weighted by Gasteiger charge is -2.22. The van der Waals surface area contributed by atoms with E-state index in [2.05, 4.69) is 23.2 Å². The number of hydrogen-bond acceptors (Lipinski definition) is 4. The summed E-state index contributed by atoms with van der Waals surface area (Å²) in [6.07, 6.45) is 5.09. The standard InChI is InChI=1S/C13H12ClNOS2/c1-2-7-16-15-12-8-17-13(18-9-12)10-3-5-11(14)6-4-10/h1,3-6,13H,7-9H2. The van der Waals surface area contributed by atoms with E-state index in [0.717, 1.165) is 22.2 Å². The number of halogens is 1. The van der Waals surface area contributed by atoms with Gasteiger partial charge in [0.25, 0.3) is 0 Å². The fourth-order valence-corrected chi connectivity index (χ4v) is 4.20. The van der Waals surface area contributed by atoms with Crippen LogP contribution in [-0.4, -0.2) is 23.8 Å². The molecule has 5 heteroatoms. The van der Waals surface area contributed by atoms with Gasteiger partial charge in [-0.2, -0.15) is 0 Å². The van der Waals surface area contributed by atoms with Gasteiger partial charge in [-0.1, -0.05) is 34.8 Å². The Hall–Kier alpha value is -0.760. The van der Waals surface area contributed by atoms with E-state index in [1.807, 2.05) is 35.7 Å². The highest BCUT2D eigenvalue weighted by Crippen LogP contribution is 2.43.